The zero-order chi connectivity index (χ0) is 11.7. The van der Waals surface area contributed by atoms with Crippen LogP contribution in [0.25, 0.3) is 5.69 Å². The first-order valence-electron chi connectivity index (χ1n) is 5.59. The van der Waals surface area contributed by atoms with Crippen LogP contribution in [0.3, 0.4) is 0 Å². The van der Waals surface area contributed by atoms with Gasteiger partial charge in [0, 0.05) is 12.5 Å². The largest absolute Gasteiger partial charge is 0.316 e. The molecule has 0 saturated carbocycles. The molecule has 2 heterocycles. The molecule has 1 aromatic heterocycles. The Kier molecular flexibility index (Phi) is 2.56. The molecular formula is C11H12FN5. The van der Waals surface area contributed by atoms with E-state index in [0.29, 0.717) is 11.6 Å². The molecule has 1 aromatic carbocycles. The summed E-state index contributed by atoms with van der Waals surface area (Å²) in [6, 6.07) is 6.29. The van der Waals surface area contributed by atoms with Crippen molar-refractivity contribution in [2.75, 3.05) is 13.1 Å². The molecule has 1 atom stereocenters. The van der Waals surface area contributed by atoms with Gasteiger partial charge in [0.2, 0.25) is 0 Å². The van der Waals surface area contributed by atoms with Crippen LogP contribution in [-0.2, 0) is 0 Å². The molecule has 1 aliphatic heterocycles. The Labute approximate surface area is 97.6 Å². The van der Waals surface area contributed by atoms with E-state index < -0.39 is 0 Å². The van der Waals surface area contributed by atoms with Crippen molar-refractivity contribution in [3.63, 3.8) is 0 Å². The molecule has 3 rings (SSSR count). The molecular weight excluding hydrogens is 221 g/mol. The Morgan fingerprint density at radius 3 is 3.12 bits per heavy atom. The average Bonchev–Trinajstić information content (AvgIpc) is 3.00. The van der Waals surface area contributed by atoms with Crippen LogP contribution in [0, 0.1) is 5.82 Å². The van der Waals surface area contributed by atoms with E-state index in [1.807, 2.05) is 0 Å². The van der Waals surface area contributed by atoms with Gasteiger partial charge in [-0.25, -0.2) is 4.39 Å². The molecule has 6 heteroatoms. The molecule has 5 nitrogen and oxygen atoms in total. The summed E-state index contributed by atoms with van der Waals surface area (Å²) >= 11 is 0. The van der Waals surface area contributed by atoms with Crippen molar-refractivity contribution in [1.29, 1.82) is 0 Å². The summed E-state index contributed by atoms with van der Waals surface area (Å²) in [6.07, 6.45) is 1.01. The second-order valence-corrected chi connectivity index (χ2v) is 4.12. The van der Waals surface area contributed by atoms with E-state index in [4.69, 9.17) is 0 Å². The summed E-state index contributed by atoms with van der Waals surface area (Å²) in [5, 5.41) is 14.9. The molecule has 1 aliphatic rings. The fourth-order valence-corrected chi connectivity index (χ4v) is 2.12. The molecule has 1 N–H and O–H groups in total. The fraction of sp³-hybridized carbons (Fsp3) is 0.364. The fourth-order valence-electron chi connectivity index (χ4n) is 2.12. The van der Waals surface area contributed by atoms with Crippen LogP contribution in [-0.4, -0.2) is 33.3 Å². The van der Waals surface area contributed by atoms with Gasteiger partial charge >= 0.3 is 0 Å². The Hall–Kier alpha value is -1.82. The highest BCUT2D eigenvalue weighted by molar-refractivity contribution is 5.32. The second-order valence-electron chi connectivity index (χ2n) is 4.12. The first-order chi connectivity index (χ1) is 8.34. The molecule has 0 aliphatic carbocycles. The molecule has 88 valence electrons. The summed E-state index contributed by atoms with van der Waals surface area (Å²) in [5.74, 6) is 0.808. The Bertz CT molecular complexity index is 518. The van der Waals surface area contributed by atoms with Crippen molar-refractivity contribution in [2.45, 2.75) is 12.3 Å². The van der Waals surface area contributed by atoms with E-state index in [9.17, 15) is 4.39 Å². The number of nitrogens with one attached hydrogen (secondary N) is 1. The highest BCUT2D eigenvalue weighted by Crippen LogP contribution is 2.21. The van der Waals surface area contributed by atoms with Crippen LogP contribution in [0.15, 0.2) is 24.3 Å². The minimum absolute atomic E-state index is 0.284. The Morgan fingerprint density at radius 1 is 1.41 bits per heavy atom. The van der Waals surface area contributed by atoms with Gasteiger partial charge in [0.25, 0.3) is 0 Å². The Morgan fingerprint density at radius 2 is 2.35 bits per heavy atom. The van der Waals surface area contributed by atoms with Crippen molar-refractivity contribution in [3.05, 3.63) is 35.9 Å². The van der Waals surface area contributed by atoms with Gasteiger partial charge in [0.15, 0.2) is 5.82 Å². The van der Waals surface area contributed by atoms with Gasteiger partial charge in [-0.2, -0.15) is 4.68 Å². The van der Waals surface area contributed by atoms with Crippen LogP contribution in [0.4, 0.5) is 4.39 Å². The van der Waals surface area contributed by atoms with E-state index in [1.54, 1.807) is 16.8 Å². The minimum Gasteiger partial charge on any atom is -0.316 e. The number of halogens is 1. The number of benzene rings is 1. The third kappa shape index (κ3) is 1.91. The van der Waals surface area contributed by atoms with Gasteiger partial charge in [0.05, 0.1) is 5.69 Å². The third-order valence-electron chi connectivity index (χ3n) is 2.97. The van der Waals surface area contributed by atoms with Gasteiger partial charge < -0.3 is 5.32 Å². The summed E-state index contributed by atoms with van der Waals surface area (Å²) in [7, 11) is 0. The maximum Gasteiger partial charge on any atom is 0.161 e. The lowest BCUT2D eigenvalue weighted by atomic mass is 10.1. The standard InChI is InChI=1S/C11H12FN5/c12-9-2-1-3-10(6-9)17-11(14-15-16-17)8-4-5-13-7-8/h1-3,6,8,13H,4-5,7H2. The van der Waals surface area contributed by atoms with Crippen molar-refractivity contribution in [2.24, 2.45) is 0 Å². The van der Waals surface area contributed by atoms with Gasteiger partial charge in [0.1, 0.15) is 5.82 Å². The van der Waals surface area contributed by atoms with Crippen molar-refractivity contribution in [3.8, 4) is 5.69 Å². The number of aromatic nitrogens is 4. The summed E-state index contributed by atoms with van der Waals surface area (Å²) in [5.41, 5.74) is 0.664. The normalized spacial score (nSPS) is 19.7. The number of hydrogen-bond donors (Lipinski definition) is 1. The topological polar surface area (TPSA) is 55.6 Å². The smallest absolute Gasteiger partial charge is 0.161 e. The second kappa shape index (κ2) is 4.21. The first kappa shape index (κ1) is 10.3. The maximum atomic E-state index is 13.2. The predicted molar refractivity (Wildman–Crippen MR) is 59.3 cm³/mol. The van der Waals surface area contributed by atoms with Crippen LogP contribution in [0.2, 0.25) is 0 Å². The molecule has 1 fully saturated rings. The first-order valence-corrected chi connectivity index (χ1v) is 5.59. The third-order valence-corrected chi connectivity index (χ3v) is 2.97. The lowest BCUT2D eigenvalue weighted by Gasteiger charge is -2.08. The van der Waals surface area contributed by atoms with Crippen LogP contribution < -0.4 is 5.32 Å². The average molecular weight is 233 g/mol. The van der Waals surface area contributed by atoms with Crippen LogP contribution in [0.1, 0.15) is 18.2 Å². The molecule has 0 bridgehead atoms. The van der Waals surface area contributed by atoms with E-state index in [2.05, 4.69) is 20.8 Å². The lowest BCUT2D eigenvalue weighted by molar-refractivity contribution is 0.620. The molecule has 0 radical (unpaired) electrons. The van der Waals surface area contributed by atoms with E-state index >= 15 is 0 Å². The molecule has 2 aromatic rings. The van der Waals surface area contributed by atoms with Crippen molar-refractivity contribution < 1.29 is 4.39 Å². The molecule has 1 saturated heterocycles. The molecule has 17 heavy (non-hydrogen) atoms. The summed E-state index contributed by atoms with van der Waals surface area (Å²) < 4.78 is 14.8. The maximum absolute atomic E-state index is 13.2. The van der Waals surface area contributed by atoms with Crippen molar-refractivity contribution in [1.82, 2.24) is 25.5 Å². The van der Waals surface area contributed by atoms with Gasteiger partial charge in [-0.05, 0) is 41.6 Å². The zero-order valence-electron chi connectivity index (χ0n) is 9.17. The monoisotopic (exact) mass is 233 g/mol. The summed E-state index contributed by atoms with van der Waals surface area (Å²) in [4.78, 5) is 0. The van der Waals surface area contributed by atoms with E-state index in [0.717, 1.165) is 25.3 Å². The SMILES string of the molecule is Fc1cccc(-n2nnnc2C2CCNC2)c1. The van der Waals surface area contributed by atoms with Gasteiger partial charge in [-0.15, -0.1) is 5.10 Å². The molecule has 0 spiro atoms. The predicted octanol–water partition coefficient (Wildman–Crippen LogP) is 0.878. The number of hydrogen-bond acceptors (Lipinski definition) is 4. The number of tetrazole rings is 1. The van der Waals surface area contributed by atoms with Gasteiger partial charge in [-0.3, -0.25) is 0 Å². The number of rotatable bonds is 2. The number of nitrogens with zero attached hydrogens (tertiary/aromatic N) is 4. The van der Waals surface area contributed by atoms with Crippen LogP contribution >= 0.6 is 0 Å². The minimum atomic E-state index is -0.284. The van der Waals surface area contributed by atoms with E-state index in [1.165, 1.54) is 12.1 Å². The quantitative estimate of drug-likeness (QED) is 0.836. The highest BCUT2D eigenvalue weighted by Gasteiger charge is 2.23. The molecule has 1 unspecified atom stereocenters. The van der Waals surface area contributed by atoms with Crippen LogP contribution in [0.5, 0.6) is 0 Å². The van der Waals surface area contributed by atoms with Gasteiger partial charge in [-0.1, -0.05) is 6.07 Å². The van der Waals surface area contributed by atoms with Crippen molar-refractivity contribution >= 4 is 0 Å². The highest BCUT2D eigenvalue weighted by atomic mass is 19.1. The zero-order valence-corrected chi connectivity index (χ0v) is 9.17. The van der Waals surface area contributed by atoms with E-state index in [-0.39, 0.29) is 5.82 Å². The summed E-state index contributed by atoms with van der Waals surface area (Å²) in [6.45, 7) is 1.84. The molecule has 0 amide bonds. The Balaban J connectivity index is 2.00. The lowest BCUT2D eigenvalue weighted by Crippen LogP contribution is -2.12.